The summed E-state index contributed by atoms with van der Waals surface area (Å²) in [6, 6.07) is 7.43. The zero-order chi connectivity index (χ0) is 14.9. The molecule has 1 aromatic carbocycles. The summed E-state index contributed by atoms with van der Waals surface area (Å²) >= 11 is 0. The van der Waals surface area contributed by atoms with Gasteiger partial charge in [0.1, 0.15) is 0 Å². The number of sulfonamides is 1. The van der Waals surface area contributed by atoms with Gasteiger partial charge in [0, 0.05) is 37.3 Å². The SMILES string of the molecule is CS(=O)(=O)Nc1ccc(N2CCC3(CC2)OCCO3)cc1. The molecule has 7 heteroatoms. The minimum atomic E-state index is -3.23. The van der Waals surface area contributed by atoms with Crippen LogP contribution >= 0.6 is 0 Å². The van der Waals surface area contributed by atoms with Crippen molar-refractivity contribution in [1.29, 1.82) is 0 Å². The summed E-state index contributed by atoms with van der Waals surface area (Å²) in [6.45, 7) is 3.12. The predicted octanol–water partition coefficient (Wildman–Crippen LogP) is 1.40. The predicted molar refractivity (Wildman–Crippen MR) is 81.0 cm³/mol. The summed E-state index contributed by atoms with van der Waals surface area (Å²) in [6.07, 6.45) is 2.86. The minimum absolute atomic E-state index is 0.367. The molecule has 21 heavy (non-hydrogen) atoms. The van der Waals surface area contributed by atoms with Crippen LogP contribution in [0.1, 0.15) is 12.8 Å². The Morgan fingerprint density at radius 1 is 1.10 bits per heavy atom. The van der Waals surface area contributed by atoms with Gasteiger partial charge in [-0.05, 0) is 24.3 Å². The molecule has 0 amide bonds. The number of piperidine rings is 1. The summed E-state index contributed by atoms with van der Waals surface area (Å²) in [5, 5.41) is 0. The van der Waals surface area contributed by atoms with E-state index >= 15 is 0 Å². The van der Waals surface area contributed by atoms with E-state index in [1.165, 1.54) is 0 Å². The Labute approximate surface area is 125 Å². The molecule has 2 aliphatic heterocycles. The molecule has 0 unspecified atom stereocenters. The Kier molecular flexibility index (Phi) is 3.81. The third-order valence-corrected chi connectivity index (χ3v) is 4.48. The maximum Gasteiger partial charge on any atom is 0.229 e. The lowest BCUT2D eigenvalue weighted by atomic mass is 10.0. The van der Waals surface area contributed by atoms with Gasteiger partial charge in [-0.2, -0.15) is 0 Å². The highest BCUT2D eigenvalue weighted by Gasteiger charge is 2.39. The molecular weight excluding hydrogens is 292 g/mol. The Morgan fingerprint density at radius 3 is 2.19 bits per heavy atom. The van der Waals surface area contributed by atoms with Crippen molar-refractivity contribution in [2.45, 2.75) is 18.6 Å². The number of benzene rings is 1. The van der Waals surface area contributed by atoms with Gasteiger partial charge in [0.25, 0.3) is 0 Å². The lowest BCUT2D eigenvalue weighted by Crippen LogP contribution is -2.45. The van der Waals surface area contributed by atoms with E-state index in [4.69, 9.17) is 9.47 Å². The topological polar surface area (TPSA) is 67.9 Å². The van der Waals surface area contributed by atoms with Crippen LogP contribution < -0.4 is 9.62 Å². The van der Waals surface area contributed by atoms with Crippen LogP contribution in [0.2, 0.25) is 0 Å². The summed E-state index contributed by atoms with van der Waals surface area (Å²) in [5.41, 5.74) is 1.67. The molecule has 3 rings (SSSR count). The van der Waals surface area contributed by atoms with Crippen LogP contribution in [-0.2, 0) is 19.5 Å². The number of anilines is 2. The normalized spacial score (nSPS) is 21.7. The fourth-order valence-corrected chi connectivity index (χ4v) is 3.41. The smallest absolute Gasteiger partial charge is 0.229 e. The van der Waals surface area contributed by atoms with Crippen molar-refractivity contribution in [1.82, 2.24) is 0 Å². The van der Waals surface area contributed by atoms with Crippen molar-refractivity contribution in [3.63, 3.8) is 0 Å². The minimum Gasteiger partial charge on any atom is -0.371 e. The Bertz CT molecular complexity index is 584. The first-order valence-electron chi connectivity index (χ1n) is 7.07. The highest BCUT2D eigenvalue weighted by atomic mass is 32.2. The van der Waals surface area contributed by atoms with E-state index in [1.807, 2.05) is 12.1 Å². The fraction of sp³-hybridized carbons (Fsp3) is 0.571. The van der Waals surface area contributed by atoms with Crippen LogP contribution in [0.5, 0.6) is 0 Å². The van der Waals surface area contributed by atoms with Gasteiger partial charge in [-0.3, -0.25) is 4.72 Å². The largest absolute Gasteiger partial charge is 0.371 e. The molecule has 1 N–H and O–H groups in total. The molecule has 0 bridgehead atoms. The van der Waals surface area contributed by atoms with Crippen molar-refractivity contribution in [3.8, 4) is 0 Å². The number of rotatable bonds is 3. The van der Waals surface area contributed by atoms with Crippen LogP contribution in [0.25, 0.3) is 0 Å². The third kappa shape index (κ3) is 3.48. The molecule has 0 atom stereocenters. The van der Waals surface area contributed by atoms with Gasteiger partial charge in [0.2, 0.25) is 10.0 Å². The molecule has 0 radical (unpaired) electrons. The summed E-state index contributed by atoms with van der Waals surface area (Å²) in [5.74, 6) is -0.367. The standard InChI is InChI=1S/C14H20N2O4S/c1-21(17,18)15-12-2-4-13(5-3-12)16-8-6-14(7-9-16)19-10-11-20-14/h2-5,15H,6-11H2,1H3. The molecule has 2 fully saturated rings. The van der Waals surface area contributed by atoms with Gasteiger partial charge in [-0.1, -0.05) is 0 Å². The second-order valence-electron chi connectivity index (χ2n) is 5.52. The van der Waals surface area contributed by atoms with Gasteiger partial charge >= 0.3 is 0 Å². The summed E-state index contributed by atoms with van der Waals surface area (Å²) in [4.78, 5) is 2.26. The zero-order valence-corrected chi connectivity index (χ0v) is 12.9. The second-order valence-corrected chi connectivity index (χ2v) is 7.26. The second kappa shape index (κ2) is 5.47. The van der Waals surface area contributed by atoms with E-state index in [-0.39, 0.29) is 5.79 Å². The van der Waals surface area contributed by atoms with E-state index in [1.54, 1.807) is 12.1 Å². The Balaban J connectivity index is 1.63. The molecule has 1 spiro atoms. The summed E-state index contributed by atoms with van der Waals surface area (Å²) in [7, 11) is -3.23. The molecule has 0 aromatic heterocycles. The zero-order valence-electron chi connectivity index (χ0n) is 12.0. The highest BCUT2D eigenvalue weighted by Crippen LogP contribution is 2.33. The van der Waals surface area contributed by atoms with Crippen LogP contribution in [-0.4, -0.2) is 46.8 Å². The molecule has 2 saturated heterocycles. The Hall–Kier alpha value is -1.31. The van der Waals surface area contributed by atoms with Gasteiger partial charge in [-0.15, -0.1) is 0 Å². The van der Waals surface area contributed by atoms with Crippen LogP contribution in [0.15, 0.2) is 24.3 Å². The quantitative estimate of drug-likeness (QED) is 0.914. The average molecular weight is 312 g/mol. The van der Waals surface area contributed by atoms with Gasteiger partial charge in [0.05, 0.1) is 19.5 Å². The molecule has 1 aromatic rings. The Morgan fingerprint density at radius 2 is 1.67 bits per heavy atom. The number of nitrogens with zero attached hydrogens (tertiary/aromatic N) is 1. The molecular formula is C14H20N2O4S. The maximum absolute atomic E-state index is 11.2. The maximum atomic E-state index is 11.2. The number of ether oxygens (including phenoxy) is 2. The van der Waals surface area contributed by atoms with Gasteiger partial charge in [-0.25, -0.2) is 8.42 Å². The van der Waals surface area contributed by atoms with E-state index < -0.39 is 10.0 Å². The van der Waals surface area contributed by atoms with Crippen molar-refractivity contribution in [2.24, 2.45) is 0 Å². The average Bonchev–Trinajstić information content (AvgIpc) is 2.87. The van der Waals surface area contributed by atoms with Gasteiger partial charge < -0.3 is 14.4 Å². The fourth-order valence-electron chi connectivity index (χ4n) is 2.85. The first-order chi connectivity index (χ1) is 9.96. The van der Waals surface area contributed by atoms with Crippen LogP contribution in [0, 0.1) is 0 Å². The van der Waals surface area contributed by atoms with Gasteiger partial charge in [0.15, 0.2) is 5.79 Å². The van der Waals surface area contributed by atoms with Crippen molar-refractivity contribution < 1.29 is 17.9 Å². The number of nitrogens with one attached hydrogen (secondary N) is 1. The lowest BCUT2D eigenvalue weighted by Gasteiger charge is -2.38. The van der Waals surface area contributed by atoms with Crippen molar-refractivity contribution in [3.05, 3.63) is 24.3 Å². The highest BCUT2D eigenvalue weighted by molar-refractivity contribution is 7.92. The first-order valence-corrected chi connectivity index (χ1v) is 8.96. The molecule has 2 aliphatic rings. The van der Waals surface area contributed by atoms with Crippen molar-refractivity contribution >= 4 is 21.4 Å². The van der Waals surface area contributed by atoms with Crippen LogP contribution in [0.4, 0.5) is 11.4 Å². The van der Waals surface area contributed by atoms with E-state index in [9.17, 15) is 8.42 Å². The van der Waals surface area contributed by atoms with E-state index in [0.29, 0.717) is 18.9 Å². The van der Waals surface area contributed by atoms with Crippen molar-refractivity contribution in [2.75, 3.05) is 42.2 Å². The molecule has 6 nitrogen and oxygen atoms in total. The van der Waals surface area contributed by atoms with E-state index in [0.717, 1.165) is 37.9 Å². The molecule has 116 valence electrons. The first kappa shape index (κ1) is 14.6. The van der Waals surface area contributed by atoms with E-state index in [2.05, 4.69) is 9.62 Å². The molecule has 0 aliphatic carbocycles. The molecule has 2 heterocycles. The number of hydrogen-bond acceptors (Lipinski definition) is 5. The third-order valence-electron chi connectivity index (χ3n) is 3.87. The summed E-state index contributed by atoms with van der Waals surface area (Å²) < 4.78 is 36.3. The molecule has 0 saturated carbocycles. The van der Waals surface area contributed by atoms with Crippen LogP contribution in [0.3, 0.4) is 0 Å². The number of hydrogen-bond donors (Lipinski definition) is 1. The lowest BCUT2D eigenvalue weighted by molar-refractivity contribution is -0.169. The monoisotopic (exact) mass is 312 g/mol.